The molecule has 0 aromatic carbocycles. The molecule has 1 atom stereocenters. The fourth-order valence-electron chi connectivity index (χ4n) is 1.14. The Morgan fingerprint density at radius 1 is 1.60 bits per heavy atom. The summed E-state index contributed by atoms with van der Waals surface area (Å²) in [6.45, 7) is 4.98. The van der Waals surface area contributed by atoms with Gasteiger partial charge in [-0.2, -0.15) is 0 Å². The van der Waals surface area contributed by atoms with E-state index in [0.717, 1.165) is 23.1 Å². The molecule has 1 unspecified atom stereocenters. The molecule has 2 N–H and O–H groups in total. The zero-order chi connectivity index (χ0) is 11.1. The molecule has 1 aromatic heterocycles. The van der Waals surface area contributed by atoms with E-state index in [4.69, 9.17) is 5.11 Å². The zero-order valence-electron chi connectivity index (χ0n) is 9.10. The molecule has 0 fully saturated rings. The molecule has 0 radical (unpaired) electrons. The summed E-state index contributed by atoms with van der Waals surface area (Å²) in [4.78, 5) is 8.43. The van der Waals surface area contributed by atoms with E-state index >= 15 is 0 Å². The third-order valence-corrected chi connectivity index (χ3v) is 2.92. The van der Waals surface area contributed by atoms with E-state index in [2.05, 4.69) is 15.3 Å². The summed E-state index contributed by atoms with van der Waals surface area (Å²) in [5.41, 5.74) is 0.969. The Hall–Kier alpha value is -0.650. The van der Waals surface area contributed by atoms with Crippen LogP contribution in [0, 0.1) is 6.92 Å². The van der Waals surface area contributed by atoms with Crippen LogP contribution in [0.5, 0.6) is 0 Å². The van der Waals surface area contributed by atoms with Crippen LogP contribution in [0.25, 0.3) is 0 Å². The molecule has 4 nitrogen and oxygen atoms in total. The highest BCUT2D eigenvalue weighted by atomic mass is 32.2. The van der Waals surface area contributed by atoms with Crippen molar-refractivity contribution in [2.75, 3.05) is 18.9 Å². The van der Waals surface area contributed by atoms with Crippen molar-refractivity contribution in [1.82, 2.24) is 15.3 Å². The van der Waals surface area contributed by atoms with E-state index < -0.39 is 0 Å². The van der Waals surface area contributed by atoms with Gasteiger partial charge >= 0.3 is 0 Å². The summed E-state index contributed by atoms with van der Waals surface area (Å²) in [6.07, 6.45) is 1.76. The first-order chi connectivity index (χ1) is 7.26. The average molecular weight is 227 g/mol. The normalized spacial score (nSPS) is 12.7. The molecule has 0 aliphatic carbocycles. The molecule has 0 bridgehead atoms. The van der Waals surface area contributed by atoms with Crippen molar-refractivity contribution in [2.45, 2.75) is 25.0 Å². The van der Waals surface area contributed by atoms with Gasteiger partial charge in [0.05, 0.1) is 6.61 Å². The Morgan fingerprint density at radius 3 is 3.00 bits per heavy atom. The smallest absolute Gasteiger partial charge is 0.187 e. The molecule has 1 rings (SSSR count). The minimum absolute atomic E-state index is 0.115. The van der Waals surface area contributed by atoms with E-state index in [1.807, 2.05) is 19.9 Å². The number of aryl methyl sites for hydroxylation is 1. The van der Waals surface area contributed by atoms with E-state index in [9.17, 15) is 0 Å². The highest BCUT2D eigenvalue weighted by Gasteiger charge is 2.07. The monoisotopic (exact) mass is 227 g/mol. The summed E-state index contributed by atoms with van der Waals surface area (Å²) >= 11 is 1.56. The maximum atomic E-state index is 9.07. The van der Waals surface area contributed by atoms with Gasteiger partial charge in [0.1, 0.15) is 0 Å². The SMILES string of the molecule is CCNC(CO)CSc1nccc(C)n1. The van der Waals surface area contributed by atoms with Crippen molar-refractivity contribution in [2.24, 2.45) is 0 Å². The molecular formula is C10H17N3OS. The maximum absolute atomic E-state index is 9.07. The Labute approximate surface area is 94.5 Å². The van der Waals surface area contributed by atoms with Gasteiger partial charge in [0.2, 0.25) is 0 Å². The van der Waals surface area contributed by atoms with Crippen molar-refractivity contribution in [1.29, 1.82) is 0 Å². The number of thioether (sulfide) groups is 1. The molecule has 15 heavy (non-hydrogen) atoms. The predicted molar refractivity (Wildman–Crippen MR) is 62.0 cm³/mol. The molecule has 0 amide bonds. The van der Waals surface area contributed by atoms with Crippen molar-refractivity contribution in [3.05, 3.63) is 18.0 Å². The number of aliphatic hydroxyl groups excluding tert-OH is 1. The first-order valence-corrected chi connectivity index (χ1v) is 6.01. The lowest BCUT2D eigenvalue weighted by molar-refractivity contribution is 0.255. The number of aromatic nitrogens is 2. The molecule has 1 heterocycles. The zero-order valence-corrected chi connectivity index (χ0v) is 9.92. The molecule has 0 spiro atoms. The first-order valence-electron chi connectivity index (χ1n) is 5.03. The number of likely N-dealkylation sites (N-methyl/N-ethyl adjacent to an activating group) is 1. The number of hydrogen-bond donors (Lipinski definition) is 2. The molecule has 0 aliphatic heterocycles. The van der Waals surface area contributed by atoms with E-state index in [1.54, 1.807) is 18.0 Å². The topological polar surface area (TPSA) is 58.0 Å². The second-order valence-electron chi connectivity index (χ2n) is 3.23. The number of hydrogen-bond acceptors (Lipinski definition) is 5. The van der Waals surface area contributed by atoms with Gasteiger partial charge in [-0.15, -0.1) is 0 Å². The van der Waals surface area contributed by atoms with Crippen LogP contribution in [-0.2, 0) is 0 Å². The first kappa shape index (κ1) is 12.4. The summed E-state index contributed by atoms with van der Waals surface area (Å²) in [6, 6.07) is 1.99. The van der Waals surface area contributed by atoms with E-state index in [0.29, 0.717) is 0 Å². The fourth-order valence-corrected chi connectivity index (χ4v) is 2.05. The summed E-state index contributed by atoms with van der Waals surface area (Å²) in [7, 11) is 0. The lowest BCUT2D eigenvalue weighted by Gasteiger charge is -2.13. The van der Waals surface area contributed by atoms with Gasteiger partial charge in [0, 0.05) is 23.7 Å². The average Bonchev–Trinajstić information content (AvgIpc) is 2.24. The lowest BCUT2D eigenvalue weighted by atomic mass is 10.4. The van der Waals surface area contributed by atoms with E-state index in [-0.39, 0.29) is 12.6 Å². The summed E-state index contributed by atoms with van der Waals surface area (Å²) in [5.74, 6) is 0.786. The quantitative estimate of drug-likeness (QED) is 0.557. The van der Waals surface area contributed by atoms with Crippen molar-refractivity contribution in [3.63, 3.8) is 0 Å². The number of rotatable bonds is 6. The molecule has 84 valence electrons. The number of aliphatic hydroxyl groups is 1. The van der Waals surface area contributed by atoms with Crippen molar-refractivity contribution in [3.8, 4) is 0 Å². The second kappa shape index (κ2) is 6.76. The van der Waals surface area contributed by atoms with Gasteiger partial charge in [-0.25, -0.2) is 9.97 Å². The van der Waals surface area contributed by atoms with Crippen LogP contribution in [0.3, 0.4) is 0 Å². The second-order valence-corrected chi connectivity index (χ2v) is 4.22. The van der Waals surface area contributed by atoms with Gasteiger partial charge in [0.25, 0.3) is 0 Å². The third-order valence-electron chi connectivity index (χ3n) is 1.90. The Balaban J connectivity index is 2.41. The lowest BCUT2D eigenvalue weighted by Crippen LogP contribution is -2.34. The third kappa shape index (κ3) is 4.59. The van der Waals surface area contributed by atoms with Gasteiger partial charge in [-0.05, 0) is 19.5 Å². The van der Waals surface area contributed by atoms with Crippen LogP contribution in [0.4, 0.5) is 0 Å². The van der Waals surface area contributed by atoms with Gasteiger partial charge < -0.3 is 10.4 Å². The van der Waals surface area contributed by atoms with Gasteiger partial charge in [-0.3, -0.25) is 0 Å². The van der Waals surface area contributed by atoms with Crippen LogP contribution in [0.1, 0.15) is 12.6 Å². The van der Waals surface area contributed by atoms with Crippen LogP contribution in [0.2, 0.25) is 0 Å². The molecule has 1 aromatic rings. The van der Waals surface area contributed by atoms with Crippen molar-refractivity contribution >= 4 is 11.8 Å². The van der Waals surface area contributed by atoms with Crippen molar-refractivity contribution < 1.29 is 5.11 Å². The Kier molecular flexibility index (Phi) is 5.60. The highest BCUT2D eigenvalue weighted by Crippen LogP contribution is 2.13. The minimum Gasteiger partial charge on any atom is -0.395 e. The molecular weight excluding hydrogens is 210 g/mol. The van der Waals surface area contributed by atoms with Crippen LogP contribution in [-0.4, -0.2) is 40.0 Å². The van der Waals surface area contributed by atoms with E-state index in [1.165, 1.54) is 0 Å². The predicted octanol–water partition coefficient (Wildman–Crippen LogP) is 0.848. The Bertz CT molecular complexity index is 296. The van der Waals surface area contributed by atoms with Gasteiger partial charge in [0.15, 0.2) is 5.16 Å². The molecule has 0 saturated carbocycles. The molecule has 0 saturated heterocycles. The maximum Gasteiger partial charge on any atom is 0.187 e. The summed E-state index contributed by atoms with van der Waals surface area (Å²) in [5, 5.41) is 13.0. The minimum atomic E-state index is 0.115. The van der Waals surface area contributed by atoms with Gasteiger partial charge in [-0.1, -0.05) is 18.7 Å². The standard InChI is InChI=1S/C10H17N3OS/c1-3-11-9(6-14)7-15-10-12-5-4-8(2)13-10/h4-5,9,11,14H,3,6-7H2,1-2H3. The fraction of sp³-hybridized carbons (Fsp3) is 0.600. The number of nitrogens with one attached hydrogen (secondary N) is 1. The van der Waals surface area contributed by atoms with Crippen LogP contribution in [0.15, 0.2) is 17.4 Å². The highest BCUT2D eigenvalue weighted by molar-refractivity contribution is 7.99. The summed E-state index contributed by atoms with van der Waals surface area (Å²) < 4.78 is 0. The van der Waals surface area contributed by atoms with Crippen LogP contribution >= 0.6 is 11.8 Å². The number of nitrogens with zero attached hydrogens (tertiary/aromatic N) is 2. The Morgan fingerprint density at radius 2 is 2.40 bits per heavy atom. The molecule has 5 heteroatoms. The van der Waals surface area contributed by atoms with Crippen LogP contribution < -0.4 is 5.32 Å². The largest absolute Gasteiger partial charge is 0.395 e. The molecule has 0 aliphatic rings.